The molecule has 1 fully saturated rings. The van der Waals surface area contributed by atoms with Crippen molar-refractivity contribution in [3.63, 3.8) is 0 Å². The van der Waals surface area contributed by atoms with Crippen molar-refractivity contribution in [2.75, 3.05) is 18.4 Å². The number of nitrogens with one attached hydrogen (secondary N) is 1. The smallest absolute Gasteiger partial charge is 0.251 e. The molecule has 1 saturated heterocycles. The molecule has 0 radical (unpaired) electrons. The van der Waals surface area contributed by atoms with Crippen LogP contribution in [-0.2, 0) is 27.7 Å². The summed E-state index contributed by atoms with van der Waals surface area (Å²) in [4.78, 5) is 26.3. The van der Waals surface area contributed by atoms with Gasteiger partial charge in [0.1, 0.15) is 10.8 Å². The number of fused-ring (bicyclic) bond motifs is 1. The number of hydrogen-bond donors (Lipinski definition) is 2. The summed E-state index contributed by atoms with van der Waals surface area (Å²) >= 11 is 1.40. The normalized spacial score (nSPS) is 19.7. The monoisotopic (exact) mass is 479 g/mol. The van der Waals surface area contributed by atoms with E-state index in [4.69, 9.17) is 5.73 Å². The molecule has 2 amide bonds. The molecule has 0 spiro atoms. The summed E-state index contributed by atoms with van der Waals surface area (Å²) in [5.74, 6) is -1.94. The lowest BCUT2D eigenvalue weighted by Crippen LogP contribution is -2.43. The minimum absolute atomic E-state index is 0.00188. The number of nitrogens with two attached hydrogens (primary N) is 1. The summed E-state index contributed by atoms with van der Waals surface area (Å²) in [7, 11) is -3.83. The number of anilines is 1. The molecular weight excluding hydrogens is 453 g/mol. The Morgan fingerprint density at radius 3 is 2.53 bits per heavy atom. The summed E-state index contributed by atoms with van der Waals surface area (Å²) in [5, 5.41) is 3.33. The van der Waals surface area contributed by atoms with Gasteiger partial charge in [-0.1, -0.05) is 6.42 Å². The number of hydrogen-bond acceptors (Lipinski definition) is 5. The minimum atomic E-state index is -3.83. The van der Waals surface area contributed by atoms with E-state index in [1.54, 1.807) is 0 Å². The first kappa shape index (κ1) is 22.9. The average Bonchev–Trinajstić information content (AvgIpc) is 2.95. The van der Waals surface area contributed by atoms with E-state index in [9.17, 15) is 22.4 Å². The molecule has 1 aromatic carbocycles. The molecule has 2 heterocycles. The predicted molar refractivity (Wildman–Crippen MR) is 121 cm³/mol. The number of amides is 2. The van der Waals surface area contributed by atoms with Crippen molar-refractivity contribution >= 4 is 38.2 Å². The first-order valence-electron chi connectivity index (χ1n) is 10.8. The molecule has 172 valence electrons. The number of primary amides is 1. The van der Waals surface area contributed by atoms with E-state index in [1.807, 2.05) is 0 Å². The molecule has 1 unspecified atom stereocenters. The molecular formula is C22H26FN3O4S2. The van der Waals surface area contributed by atoms with Crippen LogP contribution in [0, 0.1) is 11.7 Å². The summed E-state index contributed by atoms with van der Waals surface area (Å²) in [6.45, 7) is 0.325. The van der Waals surface area contributed by atoms with Crippen molar-refractivity contribution in [3.8, 4) is 0 Å². The number of halogens is 1. The fourth-order valence-electron chi connectivity index (χ4n) is 4.44. The number of benzene rings is 1. The second-order valence-corrected chi connectivity index (χ2v) is 11.3. The SMILES string of the molecule is NC(=O)c1c(NC(=O)C2CCCN(S(=O)(=O)c3ccc(F)cc3)C2)sc2c1CCCCC2. The molecule has 1 aliphatic carbocycles. The zero-order valence-electron chi connectivity index (χ0n) is 17.6. The van der Waals surface area contributed by atoms with Gasteiger partial charge in [-0.2, -0.15) is 4.31 Å². The first-order chi connectivity index (χ1) is 15.3. The molecule has 10 heteroatoms. The van der Waals surface area contributed by atoms with Gasteiger partial charge in [0.05, 0.1) is 16.4 Å². The highest BCUT2D eigenvalue weighted by molar-refractivity contribution is 7.89. The summed E-state index contributed by atoms with van der Waals surface area (Å²) < 4.78 is 40.4. The van der Waals surface area contributed by atoms with Crippen LogP contribution in [0.25, 0.3) is 0 Å². The number of carbonyl (C=O) groups is 2. The van der Waals surface area contributed by atoms with Gasteiger partial charge in [-0.05, 0) is 68.4 Å². The lowest BCUT2D eigenvalue weighted by atomic mass is 9.98. The van der Waals surface area contributed by atoms with Gasteiger partial charge in [-0.3, -0.25) is 9.59 Å². The molecule has 1 aromatic heterocycles. The highest BCUT2D eigenvalue weighted by Gasteiger charge is 2.34. The minimum Gasteiger partial charge on any atom is -0.365 e. The Morgan fingerprint density at radius 1 is 1.09 bits per heavy atom. The van der Waals surface area contributed by atoms with Crippen molar-refractivity contribution in [2.24, 2.45) is 11.7 Å². The van der Waals surface area contributed by atoms with Crippen molar-refractivity contribution in [3.05, 3.63) is 46.1 Å². The van der Waals surface area contributed by atoms with Gasteiger partial charge in [0.25, 0.3) is 5.91 Å². The molecule has 7 nitrogen and oxygen atoms in total. The zero-order chi connectivity index (χ0) is 22.9. The van der Waals surface area contributed by atoms with Gasteiger partial charge < -0.3 is 11.1 Å². The van der Waals surface area contributed by atoms with Gasteiger partial charge in [0, 0.05) is 18.0 Å². The third-order valence-corrected chi connectivity index (χ3v) is 9.20. The Hall–Kier alpha value is -2.30. The van der Waals surface area contributed by atoms with Gasteiger partial charge in [0.15, 0.2) is 0 Å². The molecule has 2 aliphatic rings. The first-order valence-corrected chi connectivity index (χ1v) is 13.0. The number of sulfonamides is 1. The fourth-order valence-corrected chi connectivity index (χ4v) is 7.26. The third kappa shape index (κ3) is 4.57. The molecule has 1 aliphatic heterocycles. The molecule has 4 rings (SSSR count). The maximum atomic E-state index is 13.2. The van der Waals surface area contributed by atoms with Crippen LogP contribution in [0.1, 0.15) is 52.9 Å². The average molecular weight is 480 g/mol. The summed E-state index contributed by atoms with van der Waals surface area (Å²) in [6.07, 6.45) is 5.83. The largest absolute Gasteiger partial charge is 0.365 e. The lowest BCUT2D eigenvalue weighted by Gasteiger charge is -2.31. The number of carbonyl (C=O) groups excluding carboxylic acids is 2. The topological polar surface area (TPSA) is 110 Å². The molecule has 0 bridgehead atoms. The molecule has 0 saturated carbocycles. The van der Waals surface area contributed by atoms with Crippen LogP contribution in [-0.4, -0.2) is 37.6 Å². The van der Waals surface area contributed by atoms with E-state index in [0.29, 0.717) is 30.0 Å². The summed E-state index contributed by atoms with van der Waals surface area (Å²) in [6, 6.07) is 4.67. The Kier molecular flexibility index (Phi) is 6.64. The van der Waals surface area contributed by atoms with Gasteiger partial charge >= 0.3 is 0 Å². The Morgan fingerprint density at radius 2 is 1.81 bits per heavy atom. The highest BCUT2D eigenvalue weighted by atomic mass is 32.2. The van der Waals surface area contributed by atoms with Crippen molar-refractivity contribution in [2.45, 2.75) is 49.8 Å². The van der Waals surface area contributed by atoms with Crippen molar-refractivity contribution in [1.29, 1.82) is 0 Å². The second-order valence-electron chi connectivity index (χ2n) is 8.28. The molecule has 3 N–H and O–H groups in total. The van der Waals surface area contributed by atoms with Gasteiger partial charge in [-0.25, -0.2) is 12.8 Å². The van der Waals surface area contributed by atoms with E-state index >= 15 is 0 Å². The van der Waals surface area contributed by atoms with Crippen molar-refractivity contribution in [1.82, 2.24) is 4.31 Å². The molecule has 32 heavy (non-hydrogen) atoms. The van der Waals surface area contributed by atoms with Crippen molar-refractivity contribution < 1.29 is 22.4 Å². The number of piperidine rings is 1. The Balaban J connectivity index is 1.52. The number of rotatable bonds is 5. The van der Waals surface area contributed by atoms with E-state index in [-0.39, 0.29) is 17.3 Å². The number of thiophene rings is 1. The van der Waals surface area contributed by atoms with E-state index in [0.717, 1.165) is 54.7 Å². The maximum Gasteiger partial charge on any atom is 0.251 e. The molecule has 2 aromatic rings. The van der Waals surface area contributed by atoms with Gasteiger partial charge in [-0.15, -0.1) is 11.3 Å². The highest BCUT2D eigenvalue weighted by Crippen LogP contribution is 2.38. The van der Waals surface area contributed by atoms with E-state index in [1.165, 1.54) is 27.8 Å². The molecule has 1 atom stereocenters. The standard InChI is InChI=1S/C22H26FN3O4S2/c23-15-8-10-16(11-9-15)32(29,30)26-12-4-5-14(13-26)21(28)25-22-19(20(24)27)17-6-2-1-3-7-18(17)31-22/h8-11,14H,1-7,12-13H2,(H2,24,27)(H,25,28). The van der Waals surface area contributed by atoms with Crippen LogP contribution in [0.15, 0.2) is 29.2 Å². The van der Waals surface area contributed by atoms with E-state index in [2.05, 4.69) is 5.32 Å². The lowest BCUT2D eigenvalue weighted by molar-refractivity contribution is -0.120. The quantitative estimate of drug-likeness (QED) is 0.641. The number of nitrogens with zero attached hydrogens (tertiary/aromatic N) is 1. The Labute approximate surface area is 190 Å². The zero-order valence-corrected chi connectivity index (χ0v) is 19.2. The summed E-state index contributed by atoms with van der Waals surface area (Å²) in [5.41, 5.74) is 6.98. The predicted octanol–water partition coefficient (Wildman–Crippen LogP) is 3.29. The van der Waals surface area contributed by atoms with Crippen LogP contribution < -0.4 is 11.1 Å². The van der Waals surface area contributed by atoms with Crippen LogP contribution in [0.4, 0.5) is 9.39 Å². The van der Waals surface area contributed by atoms with Crippen LogP contribution >= 0.6 is 11.3 Å². The van der Waals surface area contributed by atoms with E-state index < -0.39 is 27.7 Å². The van der Waals surface area contributed by atoms with Crippen LogP contribution in [0.3, 0.4) is 0 Å². The second kappa shape index (κ2) is 9.29. The fraction of sp³-hybridized carbons (Fsp3) is 0.455. The van der Waals surface area contributed by atoms with Gasteiger partial charge in [0.2, 0.25) is 15.9 Å². The maximum absolute atomic E-state index is 13.2. The van der Waals surface area contributed by atoms with Crippen LogP contribution in [0.5, 0.6) is 0 Å². The Bertz CT molecular complexity index is 1130. The van der Waals surface area contributed by atoms with Crippen LogP contribution in [0.2, 0.25) is 0 Å². The third-order valence-electron chi connectivity index (χ3n) is 6.11. The number of aryl methyl sites for hydroxylation is 1.